The van der Waals surface area contributed by atoms with Crippen molar-refractivity contribution in [1.29, 1.82) is 0 Å². The molecule has 0 atom stereocenters. The van der Waals surface area contributed by atoms with Crippen LogP contribution in [0, 0.1) is 10.1 Å². The average molecular weight is 264 g/mol. The zero-order valence-corrected chi connectivity index (χ0v) is 9.81. The van der Waals surface area contributed by atoms with E-state index in [1.807, 2.05) is 0 Å². The van der Waals surface area contributed by atoms with Gasteiger partial charge >= 0.3 is 6.03 Å². The van der Waals surface area contributed by atoms with E-state index in [0.717, 1.165) is 5.56 Å². The molecule has 2 rings (SSSR count). The normalized spacial score (nSPS) is 10.0. The van der Waals surface area contributed by atoms with Crippen molar-refractivity contribution >= 4 is 28.2 Å². The van der Waals surface area contributed by atoms with Gasteiger partial charge in [0.1, 0.15) is 0 Å². The van der Waals surface area contributed by atoms with Crippen LogP contribution in [0.5, 0.6) is 0 Å². The Morgan fingerprint density at radius 3 is 2.61 bits per heavy atom. The van der Waals surface area contributed by atoms with Gasteiger partial charge in [-0.1, -0.05) is 0 Å². The lowest BCUT2D eigenvalue weighted by Crippen LogP contribution is -2.18. The molecule has 1 heterocycles. The quantitative estimate of drug-likeness (QED) is 0.653. The fraction of sp³-hybridized carbons (Fsp3) is 0. The maximum Gasteiger partial charge on any atom is 0.318 e. The van der Waals surface area contributed by atoms with Crippen LogP contribution < -0.4 is 11.1 Å². The third-order valence-corrected chi connectivity index (χ3v) is 2.87. The monoisotopic (exact) mass is 264 g/mol. The number of benzene rings is 1. The first kappa shape index (κ1) is 12.0. The highest BCUT2D eigenvalue weighted by Crippen LogP contribution is 2.26. The molecule has 0 spiro atoms. The Labute approximate surface area is 105 Å². The van der Waals surface area contributed by atoms with Gasteiger partial charge in [0, 0.05) is 23.1 Å². The Balaban J connectivity index is 2.23. The third-order valence-electron chi connectivity index (χ3n) is 2.11. The van der Waals surface area contributed by atoms with Crippen molar-refractivity contribution < 1.29 is 9.72 Å². The second-order valence-electron chi connectivity index (χ2n) is 3.33. The average Bonchev–Trinajstić information content (AvgIpc) is 2.76. The molecule has 0 saturated carbocycles. The van der Waals surface area contributed by atoms with Gasteiger partial charge in [0.2, 0.25) is 0 Å². The lowest BCUT2D eigenvalue weighted by atomic mass is 10.1. The summed E-state index contributed by atoms with van der Waals surface area (Å²) in [6.07, 6.45) is 0. The van der Waals surface area contributed by atoms with Crippen molar-refractivity contribution in [2.45, 2.75) is 0 Å². The summed E-state index contributed by atoms with van der Waals surface area (Å²) in [5.41, 5.74) is 6.34. The SMILES string of the molecule is NC(=O)Nc1nc(-c2ccc([N+](=O)[O-])cc2)cs1. The first-order valence-corrected chi connectivity index (χ1v) is 5.71. The number of carbonyl (C=O) groups is 1. The summed E-state index contributed by atoms with van der Waals surface area (Å²) in [6, 6.07) is 5.31. The number of urea groups is 1. The molecular formula is C10H8N4O3S. The van der Waals surface area contributed by atoms with Crippen molar-refractivity contribution in [2.24, 2.45) is 5.73 Å². The van der Waals surface area contributed by atoms with Crippen LogP contribution in [-0.2, 0) is 0 Å². The predicted molar refractivity (Wildman–Crippen MR) is 67.4 cm³/mol. The summed E-state index contributed by atoms with van der Waals surface area (Å²) in [7, 11) is 0. The number of carbonyl (C=O) groups excluding carboxylic acids is 1. The molecular weight excluding hydrogens is 256 g/mol. The van der Waals surface area contributed by atoms with Gasteiger partial charge in [-0.05, 0) is 12.1 Å². The number of non-ortho nitro benzene ring substituents is 1. The molecule has 0 aliphatic rings. The number of nitro groups is 1. The predicted octanol–water partition coefficient (Wildman–Crippen LogP) is 2.21. The number of nitro benzene ring substituents is 1. The number of anilines is 1. The number of rotatable bonds is 3. The van der Waals surface area contributed by atoms with Gasteiger partial charge in [-0.15, -0.1) is 11.3 Å². The van der Waals surface area contributed by atoms with E-state index in [0.29, 0.717) is 10.8 Å². The van der Waals surface area contributed by atoms with Crippen molar-refractivity contribution in [3.63, 3.8) is 0 Å². The van der Waals surface area contributed by atoms with Crippen LogP contribution in [0.1, 0.15) is 0 Å². The molecule has 0 aliphatic heterocycles. The van der Waals surface area contributed by atoms with Crippen molar-refractivity contribution in [1.82, 2.24) is 4.98 Å². The van der Waals surface area contributed by atoms with Crippen molar-refractivity contribution in [2.75, 3.05) is 5.32 Å². The molecule has 0 bridgehead atoms. The van der Waals surface area contributed by atoms with Crippen LogP contribution in [0.3, 0.4) is 0 Å². The van der Waals surface area contributed by atoms with Gasteiger partial charge in [-0.2, -0.15) is 0 Å². The molecule has 0 radical (unpaired) electrons. The molecule has 2 amide bonds. The highest BCUT2D eigenvalue weighted by molar-refractivity contribution is 7.14. The molecule has 92 valence electrons. The summed E-state index contributed by atoms with van der Waals surface area (Å²) in [4.78, 5) is 24.8. The van der Waals surface area contributed by atoms with Crippen LogP contribution in [0.4, 0.5) is 15.6 Å². The molecule has 2 aromatic rings. The van der Waals surface area contributed by atoms with Crippen molar-refractivity contribution in [3.05, 3.63) is 39.8 Å². The van der Waals surface area contributed by atoms with Gasteiger partial charge in [-0.3, -0.25) is 15.4 Å². The number of primary amides is 1. The maximum atomic E-state index is 10.6. The second-order valence-corrected chi connectivity index (χ2v) is 4.19. The molecule has 3 N–H and O–H groups in total. The maximum absolute atomic E-state index is 10.6. The van der Waals surface area contributed by atoms with E-state index in [4.69, 9.17) is 5.73 Å². The Morgan fingerprint density at radius 1 is 1.39 bits per heavy atom. The topological polar surface area (TPSA) is 111 Å². The smallest absolute Gasteiger partial charge is 0.318 e. The van der Waals surface area contributed by atoms with Gasteiger partial charge < -0.3 is 5.73 Å². The van der Waals surface area contributed by atoms with Gasteiger partial charge in [0.05, 0.1) is 10.6 Å². The van der Waals surface area contributed by atoms with Crippen molar-refractivity contribution in [3.8, 4) is 11.3 Å². The van der Waals surface area contributed by atoms with E-state index in [-0.39, 0.29) is 5.69 Å². The minimum absolute atomic E-state index is 0.0180. The van der Waals surface area contributed by atoms with E-state index in [2.05, 4.69) is 10.3 Å². The number of hydrogen-bond acceptors (Lipinski definition) is 5. The summed E-state index contributed by atoms with van der Waals surface area (Å²) in [6.45, 7) is 0. The number of hydrogen-bond donors (Lipinski definition) is 2. The number of nitrogens with two attached hydrogens (primary N) is 1. The second kappa shape index (κ2) is 4.80. The molecule has 8 heteroatoms. The van der Waals surface area contributed by atoms with Crippen LogP contribution in [0.25, 0.3) is 11.3 Å². The van der Waals surface area contributed by atoms with Gasteiger partial charge in [0.15, 0.2) is 5.13 Å². The minimum Gasteiger partial charge on any atom is -0.351 e. The molecule has 18 heavy (non-hydrogen) atoms. The number of amides is 2. The lowest BCUT2D eigenvalue weighted by molar-refractivity contribution is -0.384. The molecule has 0 aliphatic carbocycles. The fourth-order valence-corrected chi connectivity index (χ4v) is 2.05. The molecule has 1 aromatic heterocycles. The Kier molecular flexibility index (Phi) is 3.20. The number of thiazole rings is 1. The summed E-state index contributed by atoms with van der Waals surface area (Å²) >= 11 is 1.23. The summed E-state index contributed by atoms with van der Waals surface area (Å²) < 4.78 is 0. The van der Waals surface area contributed by atoms with E-state index < -0.39 is 11.0 Å². The van der Waals surface area contributed by atoms with Crippen LogP contribution >= 0.6 is 11.3 Å². The highest BCUT2D eigenvalue weighted by atomic mass is 32.1. The standard InChI is InChI=1S/C10H8N4O3S/c11-9(15)13-10-12-8(5-18-10)6-1-3-7(4-2-6)14(16)17/h1-5H,(H3,11,12,13,15). The van der Waals surface area contributed by atoms with Crippen LogP contribution in [0.15, 0.2) is 29.6 Å². The Morgan fingerprint density at radius 2 is 2.06 bits per heavy atom. The van der Waals surface area contributed by atoms with E-state index in [1.54, 1.807) is 17.5 Å². The highest BCUT2D eigenvalue weighted by Gasteiger charge is 2.08. The number of nitrogens with zero attached hydrogens (tertiary/aromatic N) is 2. The molecule has 7 nitrogen and oxygen atoms in total. The zero-order valence-electron chi connectivity index (χ0n) is 8.99. The van der Waals surface area contributed by atoms with Crippen LogP contribution in [0.2, 0.25) is 0 Å². The van der Waals surface area contributed by atoms with E-state index in [9.17, 15) is 14.9 Å². The van der Waals surface area contributed by atoms with Crippen LogP contribution in [-0.4, -0.2) is 15.9 Å². The summed E-state index contributed by atoms with van der Waals surface area (Å²) in [5.74, 6) is 0. The van der Waals surface area contributed by atoms with E-state index >= 15 is 0 Å². The minimum atomic E-state index is -0.681. The lowest BCUT2D eigenvalue weighted by Gasteiger charge is -1.96. The first-order valence-electron chi connectivity index (χ1n) is 4.83. The molecule has 1 aromatic carbocycles. The molecule has 0 saturated heterocycles. The Bertz CT molecular complexity index is 593. The number of aromatic nitrogens is 1. The largest absolute Gasteiger partial charge is 0.351 e. The third kappa shape index (κ3) is 2.61. The summed E-state index contributed by atoms with van der Waals surface area (Å²) in [5, 5.41) is 15.0. The number of nitrogens with one attached hydrogen (secondary N) is 1. The van der Waals surface area contributed by atoms with Gasteiger partial charge in [-0.25, -0.2) is 9.78 Å². The molecule has 0 unspecified atom stereocenters. The van der Waals surface area contributed by atoms with E-state index in [1.165, 1.54) is 23.5 Å². The van der Waals surface area contributed by atoms with Gasteiger partial charge in [0.25, 0.3) is 5.69 Å². The first-order chi connectivity index (χ1) is 8.56. The Hall–Kier alpha value is -2.48. The molecule has 0 fully saturated rings. The zero-order chi connectivity index (χ0) is 13.1. The fourth-order valence-electron chi connectivity index (χ4n) is 1.32.